The van der Waals surface area contributed by atoms with Crippen molar-refractivity contribution in [3.8, 4) is 0 Å². The number of aliphatic carboxylic acids is 2. The number of para-hydroxylation sites is 1. The van der Waals surface area contributed by atoms with Crippen LogP contribution in [0.25, 0.3) is 10.9 Å². The standard InChI is InChI=1S/C26H37N5O7/c1-5-14(4)21(27)25(36)30-19(11-20(32)33)23(34)29-18(24(35)31-22(13(2)3)26(37)38)10-15-12-28-17-9-7-6-8-16(15)17/h6-9,12-14,18-19,21-22,28H,5,10-11,27H2,1-4H3,(H,29,34)(H,30,36)(H,31,35)(H,32,33)(H,37,38). The molecule has 1 heterocycles. The Morgan fingerprint density at radius 2 is 1.53 bits per heavy atom. The number of hydrogen-bond donors (Lipinski definition) is 7. The lowest BCUT2D eigenvalue weighted by atomic mass is 9.98. The highest BCUT2D eigenvalue weighted by molar-refractivity contribution is 5.96. The lowest BCUT2D eigenvalue weighted by Crippen LogP contribution is -2.58. The second-order valence-electron chi connectivity index (χ2n) is 9.76. The Balaban J connectivity index is 2.34. The number of carboxylic acid groups (broad SMARTS) is 2. The molecule has 1 aromatic carbocycles. The number of H-pyrrole nitrogens is 1. The molecule has 0 radical (unpaired) electrons. The topological polar surface area (TPSA) is 204 Å². The van der Waals surface area contributed by atoms with Crippen LogP contribution in [0.15, 0.2) is 30.5 Å². The summed E-state index contributed by atoms with van der Waals surface area (Å²) in [7, 11) is 0. The Hall–Kier alpha value is -3.93. The van der Waals surface area contributed by atoms with Crippen LogP contribution in [-0.2, 0) is 30.4 Å². The van der Waals surface area contributed by atoms with Gasteiger partial charge in [0.05, 0.1) is 12.5 Å². The first-order chi connectivity index (χ1) is 17.8. The van der Waals surface area contributed by atoms with Gasteiger partial charge in [-0.05, 0) is 23.5 Å². The molecule has 8 N–H and O–H groups in total. The van der Waals surface area contributed by atoms with Crippen LogP contribution in [0.1, 0.15) is 46.1 Å². The van der Waals surface area contributed by atoms with Crippen LogP contribution < -0.4 is 21.7 Å². The zero-order valence-corrected chi connectivity index (χ0v) is 22.0. The minimum Gasteiger partial charge on any atom is -0.481 e. The lowest BCUT2D eigenvalue weighted by Gasteiger charge is -2.26. The lowest BCUT2D eigenvalue weighted by molar-refractivity contribution is -0.144. The molecule has 208 valence electrons. The van der Waals surface area contributed by atoms with Crippen molar-refractivity contribution in [1.82, 2.24) is 20.9 Å². The molecule has 0 saturated carbocycles. The Kier molecular flexibility index (Phi) is 10.8. The summed E-state index contributed by atoms with van der Waals surface area (Å²) in [4.78, 5) is 65.3. The van der Waals surface area contributed by atoms with Crippen LogP contribution in [0.4, 0.5) is 0 Å². The molecule has 2 aromatic rings. The highest BCUT2D eigenvalue weighted by atomic mass is 16.4. The van der Waals surface area contributed by atoms with E-state index < -0.39 is 66.2 Å². The number of nitrogens with two attached hydrogens (primary N) is 1. The summed E-state index contributed by atoms with van der Waals surface area (Å²) in [6.07, 6.45) is 1.51. The van der Waals surface area contributed by atoms with Gasteiger partial charge in [0, 0.05) is 23.5 Å². The summed E-state index contributed by atoms with van der Waals surface area (Å²) in [6, 6.07) is 2.36. The fraction of sp³-hybridized carbons (Fsp3) is 0.500. The number of hydrogen-bond acceptors (Lipinski definition) is 6. The summed E-state index contributed by atoms with van der Waals surface area (Å²) in [5.74, 6) is -5.60. The summed E-state index contributed by atoms with van der Waals surface area (Å²) in [5.41, 5.74) is 7.42. The first kappa shape index (κ1) is 30.3. The van der Waals surface area contributed by atoms with E-state index in [1.54, 1.807) is 27.0 Å². The van der Waals surface area contributed by atoms with Gasteiger partial charge in [-0.2, -0.15) is 0 Å². The number of fused-ring (bicyclic) bond motifs is 1. The van der Waals surface area contributed by atoms with E-state index in [0.717, 1.165) is 10.9 Å². The van der Waals surface area contributed by atoms with Crippen molar-refractivity contribution in [2.24, 2.45) is 17.6 Å². The van der Waals surface area contributed by atoms with Crippen molar-refractivity contribution in [3.05, 3.63) is 36.0 Å². The van der Waals surface area contributed by atoms with Crippen molar-refractivity contribution in [1.29, 1.82) is 0 Å². The Bertz CT molecular complexity index is 1160. The van der Waals surface area contributed by atoms with Gasteiger partial charge in [-0.3, -0.25) is 19.2 Å². The molecule has 3 amide bonds. The van der Waals surface area contributed by atoms with Crippen LogP contribution in [0, 0.1) is 11.8 Å². The molecule has 1 aromatic heterocycles. The molecule has 12 nitrogen and oxygen atoms in total. The predicted octanol–water partition coefficient (Wildman–Crippen LogP) is 0.754. The predicted molar refractivity (Wildman–Crippen MR) is 140 cm³/mol. The molecule has 0 aliphatic carbocycles. The van der Waals surface area contributed by atoms with Crippen molar-refractivity contribution < 1.29 is 34.2 Å². The number of aromatic nitrogens is 1. The number of carbonyl (C=O) groups is 5. The van der Waals surface area contributed by atoms with Gasteiger partial charge < -0.3 is 36.9 Å². The van der Waals surface area contributed by atoms with Gasteiger partial charge in [0.2, 0.25) is 17.7 Å². The fourth-order valence-electron chi connectivity index (χ4n) is 3.93. The van der Waals surface area contributed by atoms with Gasteiger partial charge in [0.1, 0.15) is 18.1 Å². The highest BCUT2D eigenvalue weighted by Crippen LogP contribution is 2.19. The van der Waals surface area contributed by atoms with E-state index in [1.807, 2.05) is 31.2 Å². The molecule has 0 aliphatic heterocycles. The molecule has 0 fully saturated rings. The molecule has 0 aliphatic rings. The largest absolute Gasteiger partial charge is 0.481 e. The molecular weight excluding hydrogens is 494 g/mol. The third-order valence-corrected chi connectivity index (χ3v) is 6.53. The minimum absolute atomic E-state index is 0.0217. The first-order valence-corrected chi connectivity index (χ1v) is 12.5. The fourth-order valence-corrected chi connectivity index (χ4v) is 3.93. The summed E-state index contributed by atoms with van der Waals surface area (Å²) in [6.45, 7) is 6.86. The minimum atomic E-state index is -1.51. The summed E-state index contributed by atoms with van der Waals surface area (Å²) >= 11 is 0. The van der Waals surface area contributed by atoms with Crippen molar-refractivity contribution in [3.63, 3.8) is 0 Å². The monoisotopic (exact) mass is 531 g/mol. The average Bonchev–Trinajstić information content (AvgIpc) is 3.27. The molecule has 0 saturated heterocycles. The average molecular weight is 532 g/mol. The van der Waals surface area contributed by atoms with Crippen molar-refractivity contribution >= 4 is 40.6 Å². The van der Waals surface area contributed by atoms with E-state index in [9.17, 15) is 34.2 Å². The van der Waals surface area contributed by atoms with Crippen molar-refractivity contribution in [2.45, 2.75) is 71.1 Å². The van der Waals surface area contributed by atoms with Crippen molar-refractivity contribution in [2.75, 3.05) is 0 Å². The zero-order valence-electron chi connectivity index (χ0n) is 22.0. The maximum absolute atomic E-state index is 13.2. The van der Waals surface area contributed by atoms with Crippen LogP contribution >= 0.6 is 0 Å². The number of benzene rings is 1. The number of carbonyl (C=O) groups excluding carboxylic acids is 3. The Morgan fingerprint density at radius 3 is 2.11 bits per heavy atom. The molecule has 0 spiro atoms. The van der Waals surface area contributed by atoms with Gasteiger partial charge in [-0.15, -0.1) is 0 Å². The normalized spacial score (nSPS) is 15.2. The van der Waals surface area contributed by atoms with E-state index in [0.29, 0.717) is 12.0 Å². The molecule has 5 unspecified atom stereocenters. The summed E-state index contributed by atoms with van der Waals surface area (Å²) < 4.78 is 0. The van der Waals surface area contributed by atoms with E-state index >= 15 is 0 Å². The van der Waals surface area contributed by atoms with Gasteiger partial charge in [0.15, 0.2) is 0 Å². The molecule has 0 bridgehead atoms. The van der Waals surface area contributed by atoms with E-state index in [-0.39, 0.29) is 12.3 Å². The first-order valence-electron chi connectivity index (χ1n) is 12.5. The zero-order chi connectivity index (χ0) is 28.6. The third kappa shape index (κ3) is 8.04. The smallest absolute Gasteiger partial charge is 0.326 e. The number of rotatable bonds is 14. The third-order valence-electron chi connectivity index (χ3n) is 6.53. The quantitative estimate of drug-likeness (QED) is 0.185. The second-order valence-corrected chi connectivity index (χ2v) is 9.76. The number of nitrogens with one attached hydrogen (secondary N) is 4. The van der Waals surface area contributed by atoms with Gasteiger partial charge >= 0.3 is 11.9 Å². The second kappa shape index (κ2) is 13.6. The molecular formula is C26H37N5O7. The molecule has 2 rings (SSSR count). The maximum Gasteiger partial charge on any atom is 0.326 e. The Morgan fingerprint density at radius 1 is 0.921 bits per heavy atom. The Labute approximate surface area is 220 Å². The molecule has 5 atom stereocenters. The van der Waals surface area contributed by atoms with Crippen LogP contribution in [0.5, 0.6) is 0 Å². The molecule has 38 heavy (non-hydrogen) atoms. The van der Waals surface area contributed by atoms with Gasteiger partial charge in [-0.1, -0.05) is 52.3 Å². The van der Waals surface area contributed by atoms with E-state index in [4.69, 9.17) is 5.73 Å². The number of carboxylic acids is 2. The van der Waals surface area contributed by atoms with E-state index in [2.05, 4.69) is 20.9 Å². The SMILES string of the molecule is CCC(C)C(N)C(=O)NC(CC(=O)O)C(=O)NC(Cc1c[nH]c2ccccc12)C(=O)NC(C(=O)O)C(C)C. The molecule has 12 heteroatoms. The van der Waals surface area contributed by atoms with Crippen LogP contribution in [0.2, 0.25) is 0 Å². The van der Waals surface area contributed by atoms with Crippen LogP contribution in [0.3, 0.4) is 0 Å². The van der Waals surface area contributed by atoms with E-state index in [1.165, 1.54) is 0 Å². The van der Waals surface area contributed by atoms with Crippen LogP contribution in [-0.4, -0.2) is 69.0 Å². The highest BCUT2D eigenvalue weighted by Gasteiger charge is 2.33. The maximum atomic E-state index is 13.2. The summed E-state index contributed by atoms with van der Waals surface area (Å²) in [5, 5.41) is 27.0. The van der Waals surface area contributed by atoms with Gasteiger partial charge in [0.25, 0.3) is 0 Å². The van der Waals surface area contributed by atoms with Gasteiger partial charge in [-0.25, -0.2) is 4.79 Å². The number of amides is 3. The number of aromatic amines is 1.